The maximum Gasteiger partial charge on any atom is 0.229 e. The lowest BCUT2D eigenvalue weighted by molar-refractivity contribution is -0.120. The maximum atomic E-state index is 12.9. The second kappa shape index (κ2) is 8.34. The number of rotatable bonds is 5. The SMILES string of the molecule is O=C(Nc1cccc(-c2ccn[nH]2)c1)C1CCCN(c2ccc(-n3cncn3)nn2)C1. The standard InChI is InChI=1S/C21H21N9O/c31-21(25-17-5-1-3-15(11-17)18-8-9-23-26-18)16-4-2-10-29(12-16)19-6-7-20(28-27-19)30-14-22-13-24-30/h1,3,5-9,11,13-14,16H,2,4,10,12H2,(H,23,26)(H,25,31). The molecule has 5 rings (SSSR count). The predicted molar refractivity (Wildman–Crippen MR) is 115 cm³/mol. The Balaban J connectivity index is 1.25. The summed E-state index contributed by atoms with van der Waals surface area (Å²) in [4.78, 5) is 19.0. The lowest BCUT2D eigenvalue weighted by Gasteiger charge is -2.32. The highest BCUT2D eigenvalue weighted by molar-refractivity contribution is 5.93. The third kappa shape index (κ3) is 4.13. The quantitative estimate of drug-likeness (QED) is 0.513. The Hall–Kier alpha value is -4.08. The molecule has 4 aromatic rings. The molecule has 0 bridgehead atoms. The number of nitrogens with one attached hydrogen (secondary N) is 2. The van der Waals surface area contributed by atoms with E-state index in [-0.39, 0.29) is 11.8 Å². The van der Waals surface area contributed by atoms with Gasteiger partial charge in [-0.2, -0.15) is 10.2 Å². The van der Waals surface area contributed by atoms with Crippen LogP contribution in [0.5, 0.6) is 0 Å². The van der Waals surface area contributed by atoms with E-state index in [1.54, 1.807) is 17.2 Å². The Bertz CT molecular complexity index is 1140. The van der Waals surface area contributed by atoms with Crippen LogP contribution in [0.3, 0.4) is 0 Å². The number of carbonyl (C=O) groups is 1. The predicted octanol–water partition coefficient (Wildman–Crippen LogP) is 2.30. The van der Waals surface area contributed by atoms with Crippen molar-refractivity contribution in [2.75, 3.05) is 23.3 Å². The molecule has 0 radical (unpaired) electrons. The van der Waals surface area contributed by atoms with Gasteiger partial charge in [0, 0.05) is 30.5 Å². The first-order chi connectivity index (χ1) is 15.3. The van der Waals surface area contributed by atoms with E-state index in [1.165, 1.54) is 6.33 Å². The molecule has 4 heterocycles. The molecule has 3 aromatic heterocycles. The van der Waals surface area contributed by atoms with Gasteiger partial charge in [0.2, 0.25) is 5.91 Å². The van der Waals surface area contributed by atoms with Crippen LogP contribution in [0.25, 0.3) is 17.1 Å². The van der Waals surface area contributed by atoms with Crippen molar-refractivity contribution in [2.45, 2.75) is 12.8 Å². The molecular weight excluding hydrogens is 394 g/mol. The second-order valence-corrected chi connectivity index (χ2v) is 7.42. The highest BCUT2D eigenvalue weighted by atomic mass is 16.1. The summed E-state index contributed by atoms with van der Waals surface area (Å²) in [6.07, 6.45) is 6.49. The zero-order valence-electron chi connectivity index (χ0n) is 16.7. The average Bonchev–Trinajstić information content (AvgIpc) is 3.54. The Labute approximate surface area is 178 Å². The molecule has 1 unspecified atom stereocenters. The fraction of sp³-hybridized carbons (Fsp3) is 0.238. The Kier molecular flexibility index (Phi) is 5.09. The van der Waals surface area contributed by atoms with Gasteiger partial charge in [0.1, 0.15) is 12.7 Å². The summed E-state index contributed by atoms with van der Waals surface area (Å²) in [5, 5.41) is 22.6. The minimum Gasteiger partial charge on any atom is -0.354 e. The van der Waals surface area contributed by atoms with Gasteiger partial charge in [-0.15, -0.1) is 10.2 Å². The van der Waals surface area contributed by atoms with E-state index in [1.807, 2.05) is 42.5 Å². The summed E-state index contributed by atoms with van der Waals surface area (Å²) in [5.41, 5.74) is 2.65. The first-order valence-corrected chi connectivity index (χ1v) is 10.1. The van der Waals surface area contributed by atoms with E-state index in [0.29, 0.717) is 12.4 Å². The largest absolute Gasteiger partial charge is 0.354 e. The van der Waals surface area contributed by atoms with Crippen LogP contribution in [-0.4, -0.2) is 54.2 Å². The van der Waals surface area contributed by atoms with Crippen molar-refractivity contribution in [1.29, 1.82) is 0 Å². The Morgan fingerprint density at radius 1 is 1.13 bits per heavy atom. The molecule has 1 atom stereocenters. The number of benzene rings is 1. The van der Waals surface area contributed by atoms with Gasteiger partial charge in [0.15, 0.2) is 11.6 Å². The van der Waals surface area contributed by atoms with E-state index in [4.69, 9.17) is 0 Å². The van der Waals surface area contributed by atoms with Crippen LogP contribution in [0.2, 0.25) is 0 Å². The molecule has 10 heteroatoms. The fourth-order valence-electron chi connectivity index (χ4n) is 3.76. The van der Waals surface area contributed by atoms with Crippen molar-refractivity contribution in [2.24, 2.45) is 5.92 Å². The second-order valence-electron chi connectivity index (χ2n) is 7.42. The van der Waals surface area contributed by atoms with Crippen LogP contribution in [-0.2, 0) is 4.79 Å². The molecule has 1 aliphatic rings. The van der Waals surface area contributed by atoms with Gasteiger partial charge in [0.25, 0.3) is 0 Å². The topological polar surface area (TPSA) is 118 Å². The molecule has 10 nitrogen and oxygen atoms in total. The van der Waals surface area contributed by atoms with Crippen molar-refractivity contribution in [1.82, 2.24) is 35.2 Å². The maximum absolute atomic E-state index is 12.9. The fourth-order valence-corrected chi connectivity index (χ4v) is 3.76. The first kappa shape index (κ1) is 18.9. The molecule has 1 fully saturated rings. The van der Waals surface area contributed by atoms with Gasteiger partial charge < -0.3 is 10.2 Å². The number of nitrogens with zero attached hydrogens (tertiary/aromatic N) is 7. The van der Waals surface area contributed by atoms with Crippen LogP contribution in [0.1, 0.15) is 12.8 Å². The van der Waals surface area contributed by atoms with Crippen molar-refractivity contribution in [3.05, 3.63) is 61.3 Å². The number of H-pyrrole nitrogens is 1. The summed E-state index contributed by atoms with van der Waals surface area (Å²) in [7, 11) is 0. The van der Waals surface area contributed by atoms with Gasteiger partial charge in [-0.05, 0) is 43.2 Å². The van der Waals surface area contributed by atoms with E-state index in [2.05, 4.69) is 40.7 Å². The Morgan fingerprint density at radius 2 is 2.03 bits per heavy atom. The zero-order valence-corrected chi connectivity index (χ0v) is 16.7. The molecule has 1 amide bonds. The molecular formula is C21H21N9O. The molecule has 1 saturated heterocycles. The molecule has 156 valence electrons. The number of piperidine rings is 1. The van der Waals surface area contributed by atoms with Crippen molar-refractivity contribution < 1.29 is 4.79 Å². The third-order valence-corrected chi connectivity index (χ3v) is 5.35. The van der Waals surface area contributed by atoms with Crippen LogP contribution in [0.15, 0.2) is 61.3 Å². The smallest absolute Gasteiger partial charge is 0.229 e. The summed E-state index contributed by atoms with van der Waals surface area (Å²) in [5.74, 6) is 1.24. The monoisotopic (exact) mass is 415 g/mol. The summed E-state index contributed by atoms with van der Waals surface area (Å²) >= 11 is 0. The zero-order chi connectivity index (χ0) is 21.0. The van der Waals surface area contributed by atoms with E-state index in [9.17, 15) is 4.79 Å². The summed E-state index contributed by atoms with van der Waals surface area (Å²) in [6.45, 7) is 1.44. The van der Waals surface area contributed by atoms with Crippen molar-refractivity contribution in [3.8, 4) is 17.1 Å². The molecule has 0 aliphatic carbocycles. The lowest BCUT2D eigenvalue weighted by Crippen LogP contribution is -2.41. The molecule has 0 saturated carbocycles. The van der Waals surface area contributed by atoms with Gasteiger partial charge in [-0.3, -0.25) is 9.89 Å². The van der Waals surface area contributed by atoms with Gasteiger partial charge in [-0.1, -0.05) is 12.1 Å². The summed E-state index contributed by atoms with van der Waals surface area (Å²) < 4.78 is 1.56. The van der Waals surface area contributed by atoms with Gasteiger partial charge in [-0.25, -0.2) is 9.67 Å². The van der Waals surface area contributed by atoms with Gasteiger partial charge >= 0.3 is 0 Å². The molecule has 0 spiro atoms. The highest BCUT2D eigenvalue weighted by Crippen LogP contribution is 2.24. The lowest BCUT2D eigenvalue weighted by atomic mass is 9.97. The van der Waals surface area contributed by atoms with Crippen LogP contribution in [0.4, 0.5) is 11.5 Å². The number of hydrogen-bond acceptors (Lipinski definition) is 7. The summed E-state index contributed by atoms with van der Waals surface area (Å²) in [6, 6.07) is 13.4. The van der Waals surface area contributed by atoms with Crippen LogP contribution >= 0.6 is 0 Å². The number of amides is 1. The van der Waals surface area contributed by atoms with Crippen LogP contribution in [0, 0.1) is 5.92 Å². The minimum absolute atomic E-state index is 0.0126. The Morgan fingerprint density at radius 3 is 2.81 bits per heavy atom. The molecule has 1 aliphatic heterocycles. The number of carbonyl (C=O) groups excluding carboxylic acids is 1. The van der Waals surface area contributed by atoms with E-state index in [0.717, 1.165) is 42.1 Å². The molecule has 1 aromatic carbocycles. The average molecular weight is 415 g/mol. The number of aromatic nitrogens is 7. The number of hydrogen-bond donors (Lipinski definition) is 2. The van der Waals surface area contributed by atoms with Crippen molar-refractivity contribution >= 4 is 17.4 Å². The number of anilines is 2. The third-order valence-electron chi connectivity index (χ3n) is 5.35. The van der Waals surface area contributed by atoms with Crippen molar-refractivity contribution in [3.63, 3.8) is 0 Å². The van der Waals surface area contributed by atoms with E-state index >= 15 is 0 Å². The normalized spacial score (nSPS) is 16.3. The molecule has 31 heavy (non-hydrogen) atoms. The first-order valence-electron chi connectivity index (χ1n) is 10.1. The van der Waals surface area contributed by atoms with Gasteiger partial charge in [0.05, 0.1) is 11.6 Å². The van der Waals surface area contributed by atoms with Crippen LogP contribution < -0.4 is 10.2 Å². The van der Waals surface area contributed by atoms with E-state index < -0.39 is 0 Å². The number of aromatic amines is 1. The molecule has 2 N–H and O–H groups in total. The highest BCUT2D eigenvalue weighted by Gasteiger charge is 2.27. The minimum atomic E-state index is -0.124.